The van der Waals surface area contributed by atoms with Gasteiger partial charge in [0.2, 0.25) is 5.69 Å². The average Bonchev–Trinajstić information content (AvgIpc) is 2.70. The van der Waals surface area contributed by atoms with Crippen LogP contribution in [-0.2, 0) is 7.05 Å². The van der Waals surface area contributed by atoms with Gasteiger partial charge in [-0.25, -0.2) is 0 Å². The molecule has 1 nitrogen and oxygen atoms in total. The van der Waals surface area contributed by atoms with Crippen molar-refractivity contribution < 1.29 is 4.57 Å². The van der Waals surface area contributed by atoms with Crippen molar-refractivity contribution >= 4 is 10.8 Å². The molecule has 4 aromatic rings. The number of aromatic nitrogens is 1. The fourth-order valence-electron chi connectivity index (χ4n) is 3.96. The molecule has 0 aliphatic rings. The van der Waals surface area contributed by atoms with E-state index in [1.165, 1.54) is 50.0 Å². The Balaban J connectivity index is 2.03. The molecule has 1 aromatic heterocycles. The average molecular weight is 367 g/mol. The summed E-state index contributed by atoms with van der Waals surface area (Å²) in [6.07, 6.45) is 0. The zero-order chi connectivity index (χ0) is 19.8. The second kappa shape index (κ2) is 7.24. The predicted molar refractivity (Wildman–Crippen MR) is 120 cm³/mol. The van der Waals surface area contributed by atoms with E-state index in [2.05, 4.69) is 112 Å². The molecule has 0 spiro atoms. The third-order valence-electron chi connectivity index (χ3n) is 5.83. The number of aryl methyl sites for hydroxylation is 2. The summed E-state index contributed by atoms with van der Waals surface area (Å²) in [6.45, 7) is 8.92. The van der Waals surface area contributed by atoms with Crippen molar-refractivity contribution in [3.63, 3.8) is 0 Å². The van der Waals surface area contributed by atoms with Crippen LogP contribution in [0.1, 0.15) is 36.6 Å². The number of hydrogen-bond acceptors (Lipinski definition) is 0. The highest BCUT2D eigenvalue weighted by Gasteiger charge is 2.21. The topological polar surface area (TPSA) is 3.88 Å². The normalized spacial score (nSPS) is 11.4. The van der Waals surface area contributed by atoms with Crippen LogP contribution in [0.4, 0.5) is 0 Å². The Hall–Kier alpha value is -2.93. The zero-order valence-corrected chi connectivity index (χ0v) is 17.5. The van der Waals surface area contributed by atoms with Crippen LogP contribution in [0.2, 0.25) is 0 Å². The molecule has 28 heavy (non-hydrogen) atoms. The Labute approximate surface area is 168 Å². The van der Waals surface area contributed by atoms with Gasteiger partial charge in [-0.15, -0.1) is 0 Å². The Kier molecular flexibility index (Phi) is 4.77. The van der Waals surface area contributed by atoms with Gasteiger partial charge in [-0.2, -0.15) is 4.57 Å². The molecule has 0 N–H and O–H groups in total. The molecule has 1 heterocycles. The smallest absolute Gasteiger partial charge is 0.198 e. The van der Waals surface area contributed by atoms with Crippen molar-refractivity contribution in [1.82, 2.24) is 0 Å². The first-order valence-electron chi connectivity index (χ1n) is 10.1. The van der Waals surface area contributed by atoms with Crippen molar-refractivity contribution in [3.8, 4) is 22.4 Å². The molecule has 0 atom stereocenters. The van der Waals surface area contributed by atoms with Crippen molar-refractivity contribution in [1.29, 1.82) is 0 Å². The van der Waals surface area contributed by atoms with Gasteiger partial charge < -0.3 is 0 Å². The summed E-state index contributed by atoms with van der Waals surface area (Å²) >= 11 is 0. The van der Waals surface area contributed by atoms with Gasteiger partial charge in [0.1, 0.15) is 7.05 Å². The molecular weight excluding hydrogens is 338 g/mol. The summed E-state index contributed by atoms with van der Waals surface area (Å²) in [4.78, 5) is 0. The minimum Gasteiger partial charge on any atom is -0.198 e. The first kappa shape index (κ1) is 18.4. The van der Waals surface area contributed by atoms with Crippen molar-refractivity contribution in [2.24, 2.45) is 7.05 Å². The van der Waals surface area contributed by atoms with Crippen molar-refractivity contribution in [2.75, 3.05) is 0 Å². The van der Waals surface area contributed by atoms with E-state index < -0.39 is 0 Å². The third-order valence-corrected chi connectivity index (χ3v) is 5.83. The standard InChI is InChI=1S/C27H28N/c1-18(2)22-13-14-24-15-20(4)28(5)27(26(24)16-22)25-17-23(12-11-19(25)3)21-9-7-6-8-10-21/h6-18H,1-5H3/q+1. The van der Waals surface area contributed by atoms with Crippen LogP contribution in [0.3, 0.4) is 0 Å². The predicted octanol–water partition coefficient (Wildman–Crippen LogP) is 6.74. The van der Waals surface area contributed by atoms with E-state index in [1.54, 1.807) is 0 Å². The van der Waals surface area contributed by atoms with E-state index in [-0.39, 0.29) is 0 Å². The van der Waals surface area contributed by atoms with Gasteiger partial charge in [0.05, 0.1) is 10.9 Å². The van der Waals surface area contributed by atoms with Gasteiger partial charge in [-0.1, -0.05) is 68.4 Å². The summed E-state index contributed by atoms with van der Waals surface area (Å²) in [5.74, 6) is 0.514. The second-order valence-corrected chi connectivity index (χ2v) is 8.09. The number of benzene rings is 3. The lowest BCUT2D eigenvalue weighted by Crippen LogP contribution is -2.35. The van der Waals surface area contributed by atoms with Crippen LogP contribution in [0.15, 0.2) is 72.8 Å². The molecule has 140 valence electrons. The lowest BCUT2D eigenvalue weighted by molar-refractivity contribution is -0.665. The number of rotatable bonds is 3. The molecule has 0 unspecified atom stereocenters. The van der Waals surface area contributed by atoms with E-state index in [4.69, 9.17) is 0 Å². The zero-order valence-electron chi connectivity index (χ0n) is 17.5. The molecule has 0 aliphatic heterocycles. The number of nitrogens with zero attached hydrogens (tertiary/aromatic N) is 1. The highest BCUT2D eigenvalue weighted by Crippen LogP contribution is 2.33. The quantitative estimate of drug-likeness (QED) is 0.354. The van der Waals surface area contributed by atoms with Crippen LogP contribution in [-0.4, -0.2) is 0 Å². The maximum atomic E-state index is 2.38. The highest BCUT2D eigenvalue weighted by atomic mass is 14.9. The molecule has 0 radical (unpaired) electrons. The van der Waals surface area contributed by atoms with Crippen molar-refractivity contribution in [2.45, 2.75) is 33.6 Å². The summed E-state index contributed by atoms with van der Waals surface area (Å²) in [6, 6.07) is 26.7. The van der Waals surface area contributed by atoms with Gasteiger partial charge in [0, 0.05) is 13.0 Å². The summed E-state index contributed by atoms with van der Waals surface area (Å²) in [5.41, 5.74) is 9.07. The Bertz CT molecular complexity index is 1150. The maximum absolute atomic E-state index is 2.38. The molecule has 0 aliphatic carbocycles. The van der Waals surface area contributed by atoms with Gasteiger partial charge in [-0.05, 0) is 52.6 Å². The minimum absolute atomic E-state index is 0.514. The van der Waals surface area contributed by atoms with Crippen LogP contribution in [0.25, 0.3) is 33.2 Å². The number of pyridine rings is 1. The lowest BCUT2D eigenvalue weighted by atomic mass is 9.92. The first-order valence-corrected chi connectivity index (χ1v) is 10.1. The Morgan fingerprint density at radius 2 is 1.50 bits per heavy atom. The number of fused-ring (bicyclic) bond motifs is 1. The molecule has 4 rings (SSSR count). The molecule has 3 aromatic carbocycles. The van der Waals surface area contributed by atoms with E-state index in [1.807, 2.05) is 0 Å². The summed E-state index contributed by atoms with van der Waals surface area (Å²) in [5, 5.41) is 2.63. The van der Waals surface area contributed by atoms with E-state index in [0.717, 1.165) is 0 Å². The van der Waals surface area contributed by atoms with Gasteiger partial charge in [-0.3, -0.25) is 0 Å². The molecule has 0 saturated heterocycles. The molecule has 0 saturated carbocycles. The largest absolute Gasteiger partial charge is 0.220 e. The summed E-state index contributed by atoms with van der Waals surface area (Å²) < 4.78 is 2.34. The Morgan fingerprint density at radius 3 is 2.21 bits per heavy atom. The van der Waals surface area contributed by atoms with E-state index in [9.17, 15) is 0 Å². The molecule has 0 fully saturated rings. The van der Waals surface area contributed by atoms with Crippen LogP contribution < -0.4 is 4.57 Å². The third kappa shape index (κ3) is 3.22. The lowest BCUT2D eigenvalue weighted by Gasteiger charge is -2.13. The van der Waals surface area contributed by atoms with Crippen LogP contribution >= 0.6 is 0 Å². The minimum atomic E-state index is 0.514. The van der Waals surface area contributed by atoms with E-state index in [0.29, 0.717) is 5.92 Å². The van der Waals surface area contributed by atoms with Gasteiger partial charge in [0.15, 0.2) is 5.69 Å². The fraction of sp³-hybridized carbons (Fsp3) is 0.222. The monoisotopic (exact) mass is 366 g/mol. The fourth-order valence-corrected chi connectivity index (χ4v) is 3.96. The molecule has 0 bridgehead atoms. The number of hydrogen-bond donors (Lipinski definition) is 0. The van der Waals surface area contributed by atoms with E-state index >= 15 is 0 Å². The maximum Gasteiger partial charge on any atom is 0.220 e. The van der Waals surface area contributed by atoms with Crippen LogP contribution in [0.5, 0.6) is 0 Å². The molecule has 0 amide bonds. The van der Waals surface area contributed by atoms with Gasteiger partial charge >= 0.3 is 0 Å². The van der Waals surface area contributed by atoms with Crippen LogP contribution in [0, 0.1) is 13.8 Å². The SMILES string of the molecule is Cc1ccc(-c2ccccc2)cc1-c1c2cc(C(C)C)ccc2cc(C)[n+]1C. The van der Waals surface area contributed by atoms with Gasteiger partial charge in [0.25, 0.3) is 0 Å². The van der Waals surface area contributed by atoms with Crippen molar-refractivity contribution in [3.05, 3.63) is 89.6 Å². The molecular formula is C27H28N+. The highest BCUT2D eigenvalue weighted by molar-refractivity contribution is 5.95. The summed E-state index contributed by atoms with van der Waals surface area (Å²) in [7, 11) is 2.18. The first-order chi connectivity index (χ1) is 13.5. The second-order valence-electron chi connectivity index (χ2n) is 8.09. The molecule has 1 heteroatoms. The Morgan fingerprint density at radius 1 is 0.750 bits per heavy atom.